The van der Waals surface area contributed by atoms with Gasteiger partial charge in [0.05, 0.1) is 13.2 Å². The zero-order chi connectivity index (χ0) is 18.4. The van der Waals surface area contributed by atoms with Crippen LogP contribution < -0.4 is 10.3 Å². The van der Waals surface area contributed by atoms with Crippen LogP contribution >= 0.6 is 11.3 Å². The molecule has 0 amide bonds. The predicted molar refractivity (Wildman–Crippen MR) is 103 cm³/mol. The average Bonchev–Trinajstić information content (AvgIpc) is 3.14. The predicted octanol–water partition coefficient (Wildman–Crippen LogP) is 4.83. The van der Waals surface area contributed by atoms with Crippen molar-refractivity contribution in [3.8, 4) is 5.75 Å². The summed E-state index contributed by atoms with van der Waals surface area (Å²) in [6, 6.07) is 12.9. The third-order valence-corrected chi connectivity index (χ3v) is 5.01. The third kappa shape index (κ3) is 4.33. The summed E-state index contributed by atoms with van der Waals surface area (Å²) in [6.07, 6.45) is 2.55. The molecule has 0 N–H and O–H groups in total. The highest BCUT2D eigenvalue weighted by atomic mass is 32.1. The molecule has 2 heterocycles. The number of benzene rings is 1. The molecule has 6 nitrogen and oxygen atoms in total. The van der Waals surface area contributed by atoms with E-state index in [9.17, 15) is 4.79 Å². The Hall–Kier alpha value is -3.02. The Labute approximate surface area is 154 Å². The fourth-order valence-corrected chi connectivity index (χ4v) is 3.31. The van der Waals surface area contributed by atoms with Gasteiger partial charge in [0.25, 0.3) is 5.56 Å². The maximum absolute atomic E-state index is 12.4. The van der Waals surface area contributed by atoms with Crippen LogP contribution in [-0.4, -0.2) is 11.2 Å². The number of ether oxygens (including phenoxy) is 1. The second-order valence-corrected chi connectivity index (χ2v) is 6.79. The molecule has 0 aliphatic carbocycles. The minimum Gasteiger partial charge on any atom is -0.493 e. The van der Waals surface area contributed by atoms with Crippen molar-refractivity contribution < 1.29 is 4.74 Å². The van der Waals surface area contributed by atoms with E-state index >= 15 is 0 Å². The molecule has 0 bridgehead atoms. The van der Waals surface area contributed by atoms with Crippen molar-refractivity contribution in [3.05, 3.63) is 90.8 Å². The van der Waals surface area contributed by atoms with E-state index in [0.717, 1.165) is 17.5 Å². The number of aromatic nitrogens is 1. The summed E-state index contributed by atoms with van der Waals surface area (Å²) in [5.41, 5.74) is 10.9. The molecule has 0 aliphatic heterocycles. The van der Waals surface area contributed by atoms with Gasteiger partial charge in [-0.2, -0.15) is 0 Å². The quantitative estimate of drug-likeness (QED) is 0.341. The Morgan fingerprint density at radius 1 is 1.27 bits per heavy atom. The molecule has 0 atom stereocenters. The first-order valence-corrected chi connectivity index (χ1v) is 9.04. The third-order valence-electron chi connectivity index (χ3n) is 4.08. The van der Waals surface area contributed by atoms with Crippen LogP contribution in [0.5, 0.6) is 5.75 Å². The Morgan fingerprint density at radius 3 is 2.88 bits per heavy atom. The Morgan fingerprint density at radius 2 is 2.15 bits per heavy atom. The number of rotatable bonds is 7. The Bertz CT molecular complexity index is 989. The molecule has 0 spiro atoms. The smallest absolute Gasteiger partial charge is 0.254 e. The number of nitrogens with zero attached hydrogens (tertiary/aromatic N) is 4. The number of azide groups is 1. The summed E-state index contributed by atoms with van der Waals surface area (Å²) in [6.45, 7) is 2.83. The fraction of sp³-hybridized carbons (Fsp3) is 0.211. The van der Waals surface area contributed by atoms with Gasteiger partial charge in [-0.05, 0) is 41.1 Å². The van der Waals surface area contributed by atoms with Crippen LogP contribution in [0.25, 0.3) is 10.4 Å². The molecule has 26 heavy (non-hydrogen) atoms. The van der Waals surface area contributed by atoms with E-state index in [1.807, 2.05) is 30.5 Å². The molecule has 0 saturated heterocycles. The zero-order valence-corrected chi connectivity index (χ0v) is 15.1. The lowest BCUT2D eigenvalue weighted by Crippen LogP contribution is -2.19. The van der Waals surface area contributed by atoms with Crippen LogP contribution in [0.3, 0.4) is 0 Å². The Kier molecular flexibility index (Phi) is 5.73. The van der Waals surface area contributed by atoms with E-state index < -0.39 is 0 Å². The SMILES string of the molecule is Cc1c(Cn2ccc(OCCc3cccs3)cc2=O)cccc1N=[N+]=[N-]. The van der Waals surface area contributed by atoms with Gasteiger partial charge in [0.1, 0.15) is 5.75 Å². The van der Waals surface area contributed by atoms with Crippen LogP contribution in [0.4, 0.5) is 5.69 Å². The molecule has 0 saturated carbocycles. The molecule has 0 radical (unpaired) electrons. The number of pyridine rings is 1. The van der Waals surface area contributed by atoms with E-state index in [1.165, 1.54) is 10.9 Å². The molecule has 2 aromatic heterocycles. The molecular formula is C19H18N4O2S. The minimum atomic E-state index is -0.132. The first-order chi connectivity index (χ1) is 12.7. The van der Waals surface area contributed by atoms with Gasteiger partial charge in [-0.1, -0.05) is 29.4 Å². The summed E-state index contributed by atoms with van der Waals surface area (Å²) in [7, 11) is 0. The standard InChI is InChI=1S/C19H18N4O2S/c1-14-15(4-2-6-18(14)21-22-20)13-23-9-7-16(12-19(23)24)25-10-8-17-5-3-11-26-17/h2-7,9,11-12H,8,10,13H2,1H3. The van der Waals surface area contributed by atoms with E-state index in [0.29, 0.717) is 24.6 Å². The van der Waals surface area contributed by atoms with Gasteiger partial charge in [0, 0.05) is 34.2 Å². The topological polar surface area (TPSA) is 80.0 Å². The second kappa shape index (κ2) is 8.38. The fourth-order valence-electron chi connectivity index (χ4n) is 2.62. The highest BCUT2D eigenvalue weighted by Crippen LogP contribution is 2.22. The molecular weight excluding hydrogens is 348 g/mol. The van der Waals surface area contributed by atoms with Crippen molar-refractivity contribution in [2.24, 2.45) is 5.11 Å². The molecule has 132 valence electrons. The lowest BCUT2D eigenvalue weighted by molar-refractivity contribution is 0.321. The van der Waals surface area contributed by atoms with Crippen LogP contribution in [0.15, 0.2) is 64.0 Å². The minimum absolute atomic E-state index is 0.132. The summed E-state index contributed by atoms with van der Waals surface area (Å²) in [4.78, 5) is 16.5. The summed E-state index contributed by atoms with van der Waals surface area (Å²) < 4.78 is 7.28. The summed E-state index contributed by atoms with van der Waals surface area (Å²) in [5.74, 6) is 0.572. The number of hydrogen-bond acceptors (Lipinski definition) is 4. The lowest BCUT2D eigenvalue weighted by atomic mass is 10.1. The van der Waals surface area contributed by atoms with Gasteiger partial charge in [0.15, 0.2) is 0 Å². The largest absolute Gasteiger partial charge is 0.493 e. The second-order valence-electron chi connectivity index (χ2n) is 5.76. The van der Waals surface area contributed by atoms with Gasteiger partial charge in [-0.3, -0.25) is 4.79 Å². The summed E-state index contributed by atoms with van der Waals surface area (Å²) in [5, 5.41) is 5.71. The van der Waals surface area contributed by atoms with Crippen LogP contribution in [0, 0.1) is 6.92 Å². The molecule has 3 rings (SSSR count). The van der Waals surface area contributed by atoms with Gasteiger partial charge < -0.3 is 9.30 Å². The molecule has 7 heteroatoms. The average molecular weight is 366 g/mol. The maximum Gasteiger partial charge on any atom is 0.254 e. The monoisotopic (exact) mass is 366 g/mol. The molecule has 1 aromatic carbocycles. The van der Waals surface area contributed by atoms with Crippen molar-refractivity contribution >= 4 is 17.0 Å². The van der Waals surface area contributed by atoms with Crippen LogP contribution in [0.2, 0.25) is 0 Å². The van der Waals surface area contributed by atoms with Crippen molar-refractivity contribution in [1.82, 2.24) is 4.57 Å². The van der Waals surface area contributed by atoms with Gasteiger partial charge in [0.2, 0.25) is 0 Å². The molecule has 3 aromatic rings. The van der Waals surface area contributed by atoms with E-state index in [2.05, 4.69) is 16.1 Å². The van der Waals surface area contributed by atoms with Crippen molar-refractivity contribution in [3.63, 3.8) is 0 Å². The molecule has 0 fully saturated rings. The number of thiophene rings is 1. The van der Waals surface area contributed by atoms with E-state index in [4.69, 9.17) is 10.3 Å². The number of hydrogen-bond donors (Lipinski definition) is 0. The van der Waals surface area contributed by atoms with Gasteiger partial charge >= 0.3 is 0 Å². The van der Waals surface area contributed by atoms with Crippen molar-refractivity contribution in [2.45, 2.75) is 19.9 Å². The van der Waals surface area contributed by atoms with E-state index in [-0.39, 0.29) is 5.56 Å². The highest BCUT2D eigenvalue weighted by Gasteiger charge is 2.06. The highest BCUT2D eigenvalue weighted by molar-refractivity contribution is 7.09. The lowest BCUT2D eigenvalue weighted by Gasteiger charge is -2.11. The summed E-state index contributed by atoms with van der Waals surface area (Å²) >= 11 is 1.69. The molecule has 0 aliphatic rings. The van der Waals surface area contributed by atoms with E-state index in [1.54, 1.807) is 34.2 Å². The van der Waals surface area contributed by atoms with Crippen LogP contribution in [-0.2, 0) is 13.0 Å². The Balaban J connectivity index is 1.69. The van der Waals surface area contributed by atoms with Crippen molar-refractivity contribution in [2.75, 3.05) is 6.61 Å². The van der Waals surface area contributed by atoms with Crippen molar-refractivity contribution in [1.29, 1.82) is 0 Å². The maximum atomic E-state index is 12.4. The van der Waals surface area contributed by atoms with Gasteiger partial charge in [-0.15, -0.1) is 11.3 Å². The first kappa shape index (κ1) is 17.8. The molecule has 0 unspecified atom stereocenters. The normalized spacial score (nSPS) is 10.3. The zero-order valence-electron chi connectivity index (χ0n) is 14.3. The van der Waals surface area contributed by atoms with Gasteiger partial charge in [-0.25, -0.2) is 0 Å². The van der Waals surface area contributed by atoms with Crippen LogP contribution in [0.1, 0.15) is 16.0 Å². The first-order valence-electron chi connectivity index (χ1n) is 8.16.